The minimum Gasteiger partial charge on any atom is -0.372 e. The fourth-order valence-electron chi connectivity index (χ4n) is 3.42. The number of hydrogen-bond acceptors (Lipinski definition) is 7. The Labute approximate surface area is 145 Å². The molecule has 7 heteroatoms. The van der Waals surface area contributed by atoms with Crippen molar-refractivity contribution in [2.45, 2.75) is 12.1 Å². The number of hydrogen-bond donors (Lipinski definition) is 0. The number of morpholine rings is 1. The van der Waals surface area contributed by atoms with E-state index in [1.54, 1.807) is 17.2 Å². The molecule has 124 valence electrons. The van der Waals surface area contributed by atoms with Crippen molar-refractivity contribution in [1.82, 2.24) is 14.9 Å². The number of pyridine rings is 2. The van der Waals surface area contributed by atoms with Gasteiger partial charge in [0.05, 0.1) is 37.5 Å². The highest BCUT2D eigenvalue weighted by Gasteiger charge is 2.40. The van der Waals surface area contributed by atoms with Crippen LogP contribution in [0.4, 0.5) is 5.82 Å². The van der Waals surface area contributed by atoms with Crippen molar-refractivity contribution in [2.75, 3.05) is 31.1 Å². The molecule has 2 aliphatic heterocycles. The van der Waals surface area contributed by atoms with Crippen molar-refractivity contribution in [3.05, 3.63) is 42.2 Å². The van der Waals surface area contributed by atoms with Crippen LogP contribution >= 0.6 is 0 Å². The van der Waals surface area contributed by atoms with Crippen LogP contribution in [0.25, 0.3) is 11.3 Å². The smallest absolute Gasteiger partial charge is 0.179 e. The summed E-state index contributed by atoms with van der Waals surface area (Å²) in [5.41, 5.74) is 1.99. The second-order valence-electron chi connectivity index (χ2n) is 6.10. The summed E-state index contributed by atoms with van der Waals surface area (Å²) in [7, 11) is 0. The summed E-state index contributed by atoms with van der Waals surface area (Å²) in [5.74, 6) is 0.873. The highest BCUT2D eigenvalue weighted by molar-refractivity contribution is 5.60. The van der Waals surface area contributed by atoms with Crippen LogP contribution in [0.3, 0.4) is 0 Å². The lowest BCUT2D eigenvalue weighted by Gasteiger charge is -2.37. The van der Waals surface area contributed by atoms with Crippen molar-refractivity contribution >= 4 is 5.82 Å². The summed E-state index contributed by atoms with van der Waals surface area (Å²) in [4.78, 5) is 12.8. The molecule has 2 unspecified atom stereocenters. The number of aromatic nitrogens is 2. The maximum Gasteiger partial charge on any atom is 0.179 e. The van der Waals surface area contributed by atoms with Crippen LogP contribution in [0.5, 0.6) is 0 Å². The molecule has 0 saturated carbocycles. The van der Waals surface area contributed by atoms with Crippen LogP contribution in [0, 0.1) is 22.8 Å². The lowest BCUT2D eigenvalue weighted by Crippen LogP contribution is -2.51. The minimum absolute atomic E-state index is 0.0452. The number of nitriles is 2. The van der Waals surface area contributed by atoms with Crippen molar-refractivity contribution in [3.8, 4) is 23.5 Å². The van der Waals surface area contributed by atoms with Gasteiger partial charge in [0.2, 0.25) is 0 Å². The topological polar surface area (TPSA) is 89.1 Å². The van der Waals surface area contributed by atoms with Crippen molar-refractivity contribution in [1.29, 1.82) is 10.5 Å². The SMILES string of the molecule is N#Cc1cccc(-c2ccc(N3CCOC4CN(C#N)CC43)nc2)n1. The van der Waals surface area contributed by atoms with Crippen LogP contribution in [-0.4, -0.2) is 53.3 Å². The number of likely N-dealkylation sites (tertiary alicyclic amines) is 1. The third-order valence-electron chi connectivity index (χ3n) is 4.64. The molecule has 0 amide bonds. The van der Waals surface area contributed by atoms with Gasteiger partial charge in [0, 0.05) is 18.3 Å². The van der Waals surface area contributed by atoms with Crippen molar-refractivity contribution in [2.24, 2.45) is 0 Å². The van der Waals surface area contributed by atoms with E-state index >= 15 is 0 Å². The van der Waals surface area contributed by atoms with E-state index in [1.807, 2.05) is 24.3 Å². The van der Waals surface area contributed by atoms with Crippen LogP contribution in [0.15, 0.2) is 36.5 Å². The van der Waals surface area contributed by atoms with Gasteiger partial charge >= 0.3 is 0 Å². The molecule has 2 atom stereocenters. The average molecular weight is 332 g/mol. The number of ether oxygens (including phenoxy) is 1. The first kappa shape index (κ1) is 15.4. The summed E-state index contributed by atoms with van der Waals surface area (Å²) in [6.45, 7) is 2.70. The monoisotopic (exact) mass is 332 g/mol. The fourth-order valence-corrected chi connectivity index (χ4v) is 3.42. The van der Waals surface area contributed by atoms with E-state index in [1.165, 1.54) is 0 Å². The molecular weight excluding hydrogens is 316 g/mol. The lowest BCUT2D eigenvalue weighted by molar-refractivity contribution is 0.0323. The first-order chi connectivity index (χ1) is 12.3. The Kier molecular flexibility index (Phi) is 3.93. The van der Waals surface area contributed by atoms with E-state index in [-0.39, 0.29) is 12.1 Å². The van der Waals surface area contributed by atoms with Gasteiger partial charge in [-0.05, 0) is 24.3 Å². The van der Waals surface area contributed by atoms with Crippen molar-refractivity contribution < 1.29 is 4.74 Å². The third kappa shape index (κ3) is 2.86. The molecule has 2 saturated heterocycles. The van der Waals surface area contributed by atoms with E-state index < -0.39 is 0 Å². The van der Waals surface area contributed by atoms with Gasteiger partial charge in [-0.3, -0.25) is 0 Å². The summed E-state index contributed by atoms with van der Waals surface area (Å²) >= 11 is 0. The van der Waals surface area contributed by atoms with Gasteiger partial charge in [0.15, 0.2) is 6.19 Å². The van der Waals surface area contributed by atoms with Crippen LogP contribution in [-0.2, 0) is 4.74 Å². The van der Waals surface area contributed by atoms with Crippen molar-refractivity contribution in [3.63, 3.8) is 0 Å². The first-order valence-corrected chi connectivity index (χ1v) is 8.15. The normalized spacial score (nSPS) is 22.2. The second kappa shape index (κ2) is 6.39. The fraction of sp³-hybridized carbons (Fsp3) is 0.333. The molecule has 7 nitrogen and oxygen atoms in total. The largest absolute Gasteiger partial charge is 0.372 e. The Hall–Kier alpha value is -3.16. The quantitative estimate of drug-likeness (QED) is 0.768. The van der Waals surface area contributed by atoms with Gasteiger partial charge in [0.1, 0.15) is 17.6 Å². The predicted molar refractivity (Wildman–Crippen MR) is 90.2 cm³/mol. The zero-order chi connectivity index (χ0) is 17.2. The summed E-state index contributed by atoms with van der Waals surface area (Å²) in [6.07, 6.45) is 4.03. The zero-order valence-electron chi connectivity index (χ0n) is 13.5. The number of nitrogens with zero attached hydrogens (tertiary/aromatic N) is 6. The molecule has 0 radical (unpaired) electrons. The summed E-state index contributed by atoms with van der Waals surface area (Å²) < 4.78 is 5.80. The highest BCUT2D eigenvalue weighted by atomic mass is 16.5. The third-order valence-corrected chi connectivity index (χ3v) is 4.64. The molecule has 25 heavy (non-hydrogen) atoms. The Balaban J connectivity index is 1.58. The molecule has 2 aliphatic rings. The molecule has 0 aromatic carbocycles. The highest BCUT2D eigenvalue weighted by Crippen LogP contribution is 2.27. The summed E-state index contributed by atoms with van der Waals surface area (Å²) in [5, 5.41) is 18.1. The van der Waals surface area contributed by atoms with E-state index in [4.69, 9.17) is 15.3 Å². The lowest BCUT2D eigenvalue weighted by atomic mass is 10.1. The van der Waals surface area contributed by atoms with Gasteiger partial charge in [-0.15, -0.1) is 0 Å². The number of fused-ring (bicyclic) bond motifs is 1. The molecule has 0 N–H and O–H groups in total. The molecule has 2 aromatic heterocycles. The maximum absolute atomic E-state index is 9.13. The number of anilines is 1. The van der Waals surface area contributed by atoms with E-state index in [9.17, 15) is 0 Å². The van der Waals surface area contributed by atoms with Crippen LogP contribution < -0.4 is 4.90 Å². The van der Waals surface area contributed by atoms with Gasteiger partial charge in [-0.1, -0.05) is 6.07 Å². The molecule has 4 heterocycles. The minimum atomic E-state index is 0.0452. The Morgan fingerprint density at radius 1 is 1.16 bits per heavy atom. The molecule has 2 fully saturated rings. The Morgan fingerprint density at radius 2 is 2.08 bits per heavy atom. The summed E-state index contributed by atoms with van der Waals surface area (Å²) in [6, 6.07) is 11.5. The van der Waals surface area contributed by atoms with Gasteiger partial charge < -0.3 is 14.5 Å². The van der Waals surface area contributed by atoms with E-state index in [0.29, 0.717) is 25.4 Å². The second-order valence-corrected chi connectivity index (χ2v) is 6.10. The molecule has 0 aliphatic carbocycles. The van der Waals surface area contributed by atoms with E-state index in [2.05, 4.69) is 27.1 Å². The maximum atomic E-state index is 9.13. The predicted octanol–water partition coefficient (Wildman–Crippen LogP) is 1.39. The van der Waals surface area contributed by atoms with Crippen LogP contribution in [0.1, 0.15) is 5.69 Å². The Morgan fingerprint density at radius 3 is 2.84 bits per heavy atom. The number of rotatable bonds is 2. The van der Waals surface area contributed by atoms with Gasteiger partial charge in [-0.2, -0.15) is 10.5 Å². The van der Waals surface area contributed by atoms with Crippen LogP contribution in [0.2, 0.25) is 0 Å². The standard InChI is InChI=1S/C18H16N6O/c19-8-14-2-1-3-15(22-14)13-4-5-18(21-9-13)24-6-7-25-17-11-23(12-20)10-16(17)24/h1-5,9,16-17H,6-7,10-11H2. The Bertz CT molecular complexity index is 853. The van der Waals surface area contributed by atoms with E-state index in [0.717, 1.165) is 23.6 Å². The first-order valence-electron chi connectivity index (χ1n) is 8.15. The van der Waals surface area contributed by atoms with Gasteiger partial charge in [0.25, 0.3) is 0 Å². The average Bonchev–Trinajstić information content (AvgIpc) is 3.11. The van der Waals surface area contributed by atoms with Gasteiger partial charge in [-0.25, -0.2) is 9.97 Å². The molecular formula is C18H16N6O. The molecule has 4 rings (SSSR count). The zero-order valence-corrected chi connectivity index (χ0v) is 13.5. The molecule has 0 bridgehead atoms. The molecule has 0 spiro atoms. The molecule has 2 aromatic rings.